The minimum absolute atomic E-state index is 0.0444. The van der Waals surface area contributed by atoms with Crippen LogP contribution in [0.1, 0.15) is 57.5 Å². The van der Waals surface area contributed by atoms with Crippen LogP contribution in [-0.4, -0.2) is 24.7 Å². The molecule has 0 aliphatic carbocycles. The summed E-state index contributed by atoms with van der Waals surface area (Å²) in [7, 11) is -2.68. The minimum atomic E-state index is -2.68. The number of hydrogen-bond donors (Lipinski definition) is 0. The van der Waals surface area contributed by atoms with Gasteiger partial charge in [-0.2, -0.15) is 0 Å². The van der Waals surface area contributed by atoms with Crippen molar-refractivity contribution in [1.82, 2.24) is 0 Å². The summed E-state index contributed by atoms with van der Waals surface area (Å²) in [6, 6.07) is 0. The van der Waals surface area contributed by atoms with Gasteiger partial charge >= 0.3 is 5.97 Å². The van der Waals surface area contributed by atoms with E-state index in [1.54, 1.807) is 6.92 Å². The zero-order valence-corrected chi connectivity index (χ0v) is 12.3. The van der Waals surface area contributed by atoms with Gasteiger partial charge in [-0.15, -0.1) is 0 Å². The first-order valence-electron chi connectivity index (χ1n) is 8.23. The van der Waals surface area contributed by atoms with Crippen LogP contribution in [0, 0.1) is 0 Å². The van der Waals surface area contributed by atoms with Crippen LogP contribution in [0.4, 0.5) is 0 Å². The third kappa shape index (κ3) is 6.06. The average molecular weight is 269 g/mol. The van der Waals surface area contributed by atoms with E-state index in [1.807, 2.05) is 0 Å². The van der Waals surface area contributed by atoms with Gasteiger partial charge in [-0.1, -0.05) is 17.2 Å². The van der Waals surface area contributed by atoms with Crippen LogP contribution < -0.4 is 0 Å². The summed E-state index contributed by atoms with van der Waals surface area (Å²) in [6.07, 6.45) is 7.35. The molecule has 19 heavy (non-hydrogen) atoms. The normalized spacial score (nSPS) is 25.3. The van der Waals surface area contributed by atoms with Crippen molar-refractivity contribution in [3.05, 3.63) is 23.3 Å². The summed E-state index contributed by atoms with van der Waals surface area (Å²) in [6.45, 7) is 8.09. The molecule has 0 aromatic heterocycles. The molecule has 1 fully saturated rings. The molecule has 0 N–H and O–H groups in total. The van der Waals surface area contributed by atoms with Crippen LogP contribution in [-0.2, 0) is 14.3 Å². The lowest BCUT2D eigenvalue weighted by Gasteiger charge is -2.02. The van der Waals surface area contributed by atoms with E-state index >= 15 is 0 Å². The van der Waals surface area contributed by atoms with Crippen LogP contribution in [0.25, 0.3) is 0 Å². The number of esters is 1. The number of allylic oxidation sites excluding steroid dienone is 3. The Hall–Kier alpha value is -1.09. The van der Waals surface area contributed by atoms with E-state index in [4.69, 9.17) is 8.85 Å². The predicted octanol–water partition coefficient (Wildman–Crippen LogP) is 3.79. The fourth-order valence-electron chi connectivity index (χ4n) is 2.05. The van der Waals surface area contributed by atoms with Crippen LogP contribution in [0.5, 0.6) is 0 Å². The highest BCUT2D eigenvalue weighted by Crippen LogP contribution is 2.38. The molecule has 1 unspecified atom stereocenters. The van der Waals surface area contributed by atoms with Gasteiger partial charge in [0.25, 0.3) is 0 Å². The van der Waals surface area contributed by atoms with E-state index in [1.165, 1.54) is 11.6 Å². The molecule has 0 bridgehead atoms. The zero-order chi connectivity index (χ0) is 17.0. The van der Waals surface area contributed by atoms with Gasteiger partial charge < -0.3 is 9.47 Å². The van der Waals surface area contributed by atoms with E-state index in [9.17, 15) is 4.79 Å². The van der Waals surface area contributed by atoms with Gasteiger partial charge in [0.15, 0.2) is 0 Å². The van der Waals surface area contributed by atoms with E-state index in [-0.39, 0.29) is 5.60 Å². The molecule has 0 aromatic carbocycles. The van der Waals surface area contributed by atoms with Crippen molar-refractivity contribution in [3.63, 3.8) is 0 Å². The number of hydrogen-bond acceptors (Lipinski definition) is 3. The second kappa shape index (κ2) is 6.90. The van der Waals surface area contributed by atoms with Crippen LogP contribution in [0.15, 0.2) is 23.3 Å². The van der Waals surface area contributed by atoms with E-state index in [2.05, 4.69) is 31.6 Å². The first-order valence-corrected chi connectivity index (χ1v) is 6.73. The molecule has 0 spiro atoms. The van der Waals surface area contributed by atoms with E-state index in [0.717, 1.165) is 24.8 Å². The Balaban J connectivity index is 2.26. The Morgan fingerprint density at radius 3 is 2.63 bits per heavy atom. The standard InChI is InChI=1S/C16H26O3/c1-12(9-10-14-16(3,4)19-14)7-6-8-13(2)11-15(17)18-5/h7,11,14H,6,8-10H2,1-5H3/b12-7+,13-11-/i5D3. The van der Waals surface area contributed by atoms with E-state index in [0.29, 0.717) is 12.5 Å². The van der Waals surface area contributed by atoms with Crippen molar-refractivity contribution < 1.29 is 18.4 Å². The second-order valence-electron chi connectivity index (χ2n) is 5.75. The maximum absolute atomic E-state index is 11.3. The SMILES string of the molecule is [2H]C([2H])([2H])OC(=O)/C=C(/C)CC/C=C(\C)CCC1OC1(C)C. The molecular formula is C16H26O3. The van der Waals surface area contributed by atoms with Crippen molar-refractivity contribution in [2.24, 2.45) is 0 Å². The average Bonchev–Trinajstić information content (AvgIpc) is 2.91. The molecule has 1 aliphatic heterocycles. The number of methoxy groups -OCH3 is 1. The largest absolute Gasteiger partial charge is 0.466 e. The molecule has 3 nitrogen and oxygen atoms in total. The quantitative estimate of drug-likeness (QED) is 0.305. The number of carbonyl (C=O) groups is 1. The first-order chi connectivity index (χ1) is 9.99. The lowest BCUT2D eigenvalue weighted by atomic mass is 10.0. The van der Waals surface area contributed by atoms with Crippen molar-refractivity contribution in [2.45, 2.75) is 65.1 Å². The number of epoxide rings is 1. The van der Waals surface area contributed by atoms with Gasteiger partial charge in [0.1, 0.15) is 0 Å². The molecule has 1 atom stereocenters. The third-order valence-electron chi connectivity index (χ3n) is 3.46. The Morgan fingerprint density at radius 2 is 2.05 bits per heavy atom. The van der Waals surface area contributed by atoms with Gasteiger partial charge in [0.05, 0.1) is 22.9 Å². The highest BCUT2D eigenvalue weighted by molar-refractivity contribution is 5.82. The highest BCUT2D eigenvalue weighted by Gasteiger charge is 2.46. The van der Waals surface area contributed by atoms with Crippen LogP contribution >= 0.6 is 0 Å². The second-order valence-corrected chi connectivity index (χ2v) is 5.75. The van der Waals surface area contributed by atoms with Crippen molar-refractivity contribution >= 4 is 5.97 Å². The molecule has 0 saturated carbocycles. The van der Waals surface area contributed by atoms with Gasteiger partial charge in [-0.3, -0.25) is 0 Å². The van der Waals surface area contributed by atoms with Gasteiger partial charge in [0.2, 0.25) is 0 Å². The van der Waals surface area contributed by atoms with E-state index < -0.39 is 13.0 Å². The van der Waals surface area contributed by atoms with Crippen LogP contribution in [0.3, 0.4) is 0 Å². The molecule has 108 valence electrons. The summed E-state index contributed by atoms with van der Waals surface area (Å²) < 4.78 is 30.4. The minimum Gasteiger partial charge on any atom is -0.466 e. The predicted molar refractivity (Wildman–Crippen MR) is 77.0 cm³/mol. The van der Waals surface area contributed by atoms with Gasteiger partial charge in [-0.25, -0.2) is 4.79 Å². The molecule has 1 aliphatic rings. The Morgan fingerprint density at radius 1 is 1.37 bits per heavy atom. The van der Waals surface area contributed by atoms with Crippen LogP contribution in [0.2, 0.25) is 0 Å². The summed E-state index contributed by atoms with van der Waals surface area (Å²) in [5, 5.41) is 0. The van der Waals surface area contributed by atoms with Crippen molar-refractivity contribution in [1.29, 1.82) is 0 Å². The molecular weight excluding hydrogens is 240 g/mol. The lowest BCUT2D eigenvalue weighted by Crippen LogP contribution is -2.02. The summed E-state index contributed by atoms with van der Waals surface area (Å²) in [4.78, 5) is 11.3. The molecule has 1 saturated heterocycles. The number of rotatable bonds is 7. The summed E-state index contributed by atoms with van der Waals surface area (Å²) in [5.74, 6) is -0.814. The Labute approximate surface area is 120 Å². The fourth-order valence-corrected chi connectivity index (χ4v) is 2.05. The number of ether oxygens (including phenoxy) is 2. The lowest BCUT2D eigenvalue weighted by molar-refractivity contribution is -0.134. The topological polar surface area (TPSA) is 38.8 Å². The molecule has 0 amide bonds. The Kier molecular flexibility index (Phi) is 4.25. The Bertz CT molecular complexity index is 462. The summed E-state index contributed by atoms with van der Waals surface area (Å²) >= 11 is 0. The zero-order valence-electron chi connectivity index (χ0n) is 15.3. The van der Waals surface area contributed by atoms with Crippen molar-refractivity contribution in [2.75, 3.05) is 7.04 Å². The molecule has 0 aromatic rings. The molecule has 0 radical (unpaired) electrons. The van der Waals surface area contributed by atoms with Gasteiger partial charge in [-0.05, 0) is 53.4 Å². The van der Waals surface area contributed by atoms with Crippen molar-refractivity contribution in [3.8, 4) is 0 Å². The maximum Gasteiger partial charge on any atom is 0.330 e. The first kappa shape index (κ1) is 11.7. The molecule has 1 rings (SSSR count). The summed E-state index contributed by atoms with van der Waals surface area (Å²) in [5.41, 5.74) is 2.16. The van der Waals surface area contributed by atoms with Gasteiger partial charge in [0, 0.05) is 6.08 Å². The molecule has 1 heterocycles. The number of carbonyl (C=O) groups excluding carboxylic acids is 1. The maximum atomic E-state index is 11.3. The smallest absolute Gasteiger partial charge is 0.330 e. The fraction of sp³-hybridized carbons (Fsp3) is 0.688. The monoisotopic (exact) mass is 269 g/mol. The molecule has 3 heteroatoms. The third-order valence-corrected chi connectivity index (χ3v) is 3.46. The highest BCUT2D eigenvalue weighted by atomic mass is 16.6.